The first-order chi connectivity index (χ1) is 8.26. The lowest BCUT2D eigenvalue weighted by atomic mass is 9.99. The maximum Gasteiger partial charge on any atom is 0.0576 e. The van der Waals surface area contributed by atoms with Gasteiger partial charge in [-0.3, -0.25) is 0 Å². The van der Waals surface area contributed by atoms with Gasteiger partial charge in [0, 0.05) is 12.6 Å². The molecule has 1 aliphatic heterocycles. The number of ether oxygens (including phenoxy) is 1. The minimum absolute atomic E-state index is 0.524. The van der Waals surface area contributed by atoms with Crippen molar-refractivity contribution in [2.24, 2.45) is 0 Å². The topological polar surface area (TPSA) is 21.3 Å². The zero-order valence-corrected chi connectivity index (χ0v) is 11.6. The van der Waals surface area contributed by atoms with Crippen LogP contribution in [0.1, 0.15) is 58.8 Å². The molecule has 2 nitrogen and oxygen atoms in total. The summed E-state index contributed by atoms with van der Waals surface area (Å²) < 4.78 is 5.69. The van der Waals surface area contributed by atoms with Crippen molar-refractivity contribution in [2.45, 2.75) is 70.9 Å². The van der Waals surface area contributed by atoms with Crippen LogP contribution < -0.4 is 5.32 Å². The van der Waals surface area contributed by atoms with Crippen LogP contribution in [0.3, 0.4) is 0 Å². The molecule has 1 N–H and O–H groups in total. The highest BCUT2D eigenvalue weighted by Gasteiger charge is 2.17. The summed E-state index contributed by atoms with van der Waals surface area (Å²) in [5.41, 5.74) is 1.37. The Morgan fingerprint density at radius 3 is 2.88 bits per heavy atom. The average Bonchev–Trinajstić information content (AvgIpc) is 2.85. The third-order valence-electron chi connectivity index (χ3n) is 3.58. The van der Waals surface area contributed by atoms with Gasteiger partial charge in [-0.25, -0.2) is 0 Å². The van der Waals surface area contributed by atoms with E-state index in [1.165, 1.54) is 37.7 Å². The minimum Gasteiger partial charge on any atom is -0.378 e. The Labute approximate surface area is 107 Å². The van der Waals surface area contributed by atoms with E-state index in [-0.39, 0.29) is 0 Å². The van der Waals surface area contributed by atoms with Crippen LogP contribution in [0.15, 0.2) is 12.2 Å². The summed E-state index contributed by atoms with van der Waals surface area (Å²) in [5, 5.41) is 3.64. The van der Waals surface area contributed by atoms with E-state index in [1.807, 2.05) is 0 Å². The molecule has 0 aromatic heterocycles. The first-order valence-electron chi connectivity index (χ1n) is 7.27. The molecule has 0 radical (unpaired) electrons. The van der Waals surface area contributed by atoms with Crippen molar-refractivity contribution in [2.75, 3.05) is 13.2 Å². The molecule has 100 valence electrons. The fourth-order valence-electron chi connectivity index (χ4n) is 2.38. The predicted molar refractivity (Wildman–Crippen MR) is 74.3 cm³/mol. The van der Waals surface area contributed by atoms with Crippen LogP contribution in [0.5, 0.6) is 0 Å². The van der Waals surface area contributed by atoms with Gasteiger partial charge in [-0.05, 0) is 51.5 Å². The number of rotatable bonds is 9. The lowest BCUT2D eigenvalue weighted by Crippen LogP contribution is -2.31. The highest BCUT2D eigenvalue weighted by molar-refractivity contribution is 4.96. The zero-order valence-electron chi connectivity index (χ0n) is 11.6. The average molecular weight is 239 g/mol. The van der Waals surface area contributed by atoms with Crippen molar-refractivity contribution in [3.63, 3.8) is 0 Å². The van der Waals surface area contributed by atoms with E-state index in [9.17, 15) is 0 Å². The van der Waals surface area contributed by atoms with Crippen LogP contribution in [0, 0.1) is 0 Å². The highest BCUT2D eigenvalue weighted by atomic mass is 16.5. The second-order valence-corrected chi connectivity index (χ2v) is 5.17. The Kier molecular flexibility index (Phi) is 7.54. The van der Waals surface area contributed by atoms with Gasteiger partial charge in [-0.2, -0.15) is 0 Å². The minimum atomic E-state index is 0.524. The lowest BCUT2D eigenvalue weighted by Gasteiger charge is -2.21. The van der Waals surface area contributed by atoms with Gasteiger partial charge >= 0.3 is 0 Å². The van der Waals surface area contributed by atoms with E-state index in [1.54, 1.807) is 0 Å². The summed E-state index contributed by atoms with van der Waals surface area (Å²) in [6, 6.07) is 0.603. The quantitative estimate of drug-likeness (QED) is 0.620. The summed E-state index contributed by atoms with van der Waals surface area (Å²) in [7, 11) is 0. The van der Waals surface area contributed by atoms with Crippen LogP contribution in [0.2, 0.25) is 0 Å². The Morgan fingerprint density at radius 2 is 2.29 bits per heavy atom. The Morgan fingerprint density at radius 1 is 1.47 bits per heavy atom. The van der Waals surface area contributed by atoms with Gasteiger partial charge in [0.1, 0.15) is 0 Å². The second kappa shape index (κ2) is 8.71. The normalized spacial score (nSPS) is 21.6. The van der Waals surface area contributed by atoms with Crippen LogP contribution >= 0.6 is 0 Å². The van der Waals surface area contributed by atoms with E-state index in [0.717, 1.165) is 26.0 Å². The third-order valence-corrected chi connectivity index (χ3v) is 3.58. The van der Waals surface area contributed by atoms with Crippen LogP contribution in [0.25, 0.3) is 0 Å². The van der Waals surface area contributed by atoms with Crippen molar-refractivity contribution in [3.05, 3.63) is 12.2 Å². The number of hydrogen-bond donors (Lipinski definition) is 1. The van der Waals surface area contributed by atoms with Crippen molar-refractivity contribution in [1.82, 2.24) is 5.32 Å². The molecule has 0 amide bonds. The summed E-state index contributed by atoms with van der Waals surface area (Å²) in [4.78, 5) is 0. The molecule has 0 aromatic carbocycles. The lowest BCUT2D eigenvalue weighted by molar-refractivity contribution is 0.0995. The van der Waals surface area contributed by atoms with Crippen molar-refractivity contribution in [3.8, 4) is 0 Å². The van der Waals surface area contributed by atoms with Gasteiger partial charge in [0.25, 0.3) is 0 Å². The van der Waals surface area contributed by atoms with Crippen molar-refractivity contribution >= 4 is 0 Å². The molecule has 0 aromatic rings. The first-order valence-corrected chi connectivity index (χ1v) is 7.27. The monoisotopic (exact) mass is 239 g/mol. The smallest absolute Gasteiger partial charge is 0.0576 e. The highest BCUT2D eigenvalue weighted by Crippen LogP contribution is 2.20. The molecule has 1 saturated heterocycles. The molecule has 17 heavy (non-hydrogen) atoms. The predicted octanol–water partition coefficient (Wildman–Crippen LogP) is 3.67. The molecule has 0 saturated carbocycles. The van der Waals surface area contributed by atoms with E-state index in [4.69, 9.17) is 4.74 Å². The van der Waals surface area contributed by atoms with Crippen molar-refractivity contribution < 1.29 is 4.74 Å². The van der Waals surface area contributed by atoms with Gasteiger partial charge in [-0.1, -0.05) is 26.0 Å². The largest absolute Gasteiger partial charge is 0.378 e. The third kappa shape index (κ3) is 6.23. The fourth-order valence-corrected chi connectivity index (χ4v) is 2.38. The number of hydrogen-bond acceptors (Lipinski definition) is 2. The molecule has 2 unspecified atom stereocenters. The molecule has 0 bridgehead atoms. The molecule has 1 aliphatic rings. The van der Waals surface area contributed by atoms with E-state index in [2.05, 4.69) is 25.7 Å². The summed E-state index contributed by atoms with van der Waals surface area (Å²) in [6.07, 6.45) is 8.90. The Balaban J connectivity index is 2.25. The summed E-state index contributed by atoms with van der Waals surface area (Å²) in [6.45, 7) is 10.6. The first kappa shape index (κ1) is 14.7. The molecule has 2 atom stereocenters. The van der Waals surface area contributed by atoms with Gasteiger partial charge in [0.15, 0.2) is 0 Å². The maximum absolute atomic E-state index is 5.69. The van der Waals surface area contributed by atoms with Gasteiger partial charge in [0.2, 0.25) is 0 Å². The van der Waals surface area contributed by atoms with Gasteiger partial charge < -0.3 is 10.1 Å². The maximum atomic E-state index is 5.69. The zero-order chi connectivity index (χ0) is 12.5. The van der Waals surface area contributed by atoms with Crippen molar-refractivity contribution in [1.29, 1.82) is 0 Å². The second-order valence-electron chi connectivity index (χ2n) is 5.17. The molecule has 0 spiro atoms. The fraction of sp³-hybridized carbons (Fsp3) is 0.867. The molecule has 1 rings (SSSR count). The van der Waals surface area contributed by atoms with Crippen LogP contribution in [0.4, 0.5) is 0 Å². The SMILES string of the molecule is C=C(CC)CC(CCC1CCCO1)NCCC. The molecular formula is C15H29NO. The molecule has 0 aliphatic carbocycles. The molecule has 1 fully saturated rings. The van der Waals surface area contributed by atoms with Crippen LogP contribution in [-0.4, -0.2) is 25.3 Å². The molecule has 1 heterocycles. The number of nitrogens with one attached hydrogen (secondary N) is 1. The molecule has 2 heteroatoms. The van der Waals surface area contributed by atoms with E-state index >= 15 is 0 Å². The van der Waals surface area contributed by atoms with E-state index < -0.39 is 0 Å². The Hall–Kier alpha value is -0.340. The standard InChI is InChI=1S/C15H29NO/c1-4-10-16-14(12-13(3)5-2)8-9-15-7-6-11-17-15/h14-16H,3-12H2,1-2H3. The van der Waals surface area contributed by atoms with E-state index in [0.29, 0.717) is 12.1 Å². The van der Waals surface area contributed by atoms with Crippen LogP contribution in [-0.2, 0) is 4.74 Å². The Bertz CT molecular complexity index is 209. The van der Waals surface area contributed by atoms with Gasteiger partial charge in [-0.15, -0.1) is 0 Å². The van der Waals surface area contributed by atoms with Gasteiger partial charge in [0.05, 0.1) is 6.10 Å². The summed E-state index contributed by atoms with van der Waals surface area (Å²) in [5.74, 6) is 0. The summed E-state index contributed by atoms with van der Waals surface area (Å²) >= 11 is 0. The molecular weight excluding hydrogens is 210 g/mol.